The van der Waals surface area contributed by atoms with E-state index >= 15 is 0 Å². The molecule has 0 aliphatic carbocycles. The Hall–Kier alpha value is -2.17. The molecule has 2 aromatic carbocycles. The molecule has 2 aromatic rings. The number of aliphatic hydroxyl groups is 1. The van der Waals surface area contributed by atoms with Crippen LogP contribution in [0.15, 0.2) is 41.4 Å². The maximum Gasteiger partial charge on any atom is 0.204 e. The number of hydrogen-bond acceptors (Lipinski definition) is 4. The molecule has 1 N–H and O–H groups in total. The first kappa shape index (κ1) is 15.4. The number of carbonyl (C=O) groups is 1. The molecule has 0 aromatic heterocycles. The first-order chi connectivity index (χ1) is 11.4. The predicted molar refractivity (Wildman–Crippen MR) is 95.7 cm³/mol. The molecule has 2 aliphatic rings. The van der Waals surface area contributed by atoms with Gasteiger partial charge in [-0.3, -0.25) is 4.79 Å². The van der Waals surface area contributed by atoms with Gasteiger partial charge in [0, 0.05) is 29.2 Å². The molecule has 0 radical (unpaired) electrons. The number of benzene rings is 2. The Kier molecular flexibility index (Phi) is 3.31. The van der Waals surface area contributed by atoms with Gasteiger partial charge in [-0.25, -0.2) is 4.99 Å². The molecule has 0 saturated carbocycles. The molecule has 122 valence electrons. The Morgan fingerprint density at radius 3 is 2.75 bits per heavy atom. The standard InChI is InChI=1S/C19H17ClN2O2/c1-11-3-6-16-14(9-11)17(23)19(24)7-8-22(18(19)21-16)13-5-4-12(2)15(20)10-13/h3-6,9-10,24H,7-8H2,1-2H3/t19-/m1/s1. The molecular formula is C19H17ClN2O2. The van der Waals surface area contributed by atoms with Gasteiger partial charge in [-0.1, -0.05) is 29.3 Å². The lowest BCUT2D eigenvalue weighted by Crippen LogP contribution is -2.48. The van der Waals surface area contributed by atoms with E-state index in [0.717, 1.165) is 16.8 Å². The Labute approximate surface area is 145 Å². The molecule has 1 fully saturated rings. The van der Waals surface area contributed by atoms with Crippen LogP contribution >= 0.6 is 11.6 Å². The first-order valence-corrected chi connectivity index (χ1v) is 8.28. The van der Waals surface area contributed by atoms with Gasteiger partial charge in [0.1, 0.15) is 5.84 Å². The van der Waals surface area contributed by atoms with Crippen LogP contribution in [0.25, 0.3) is 0 Å². The minimum Gasteiger partial charge on any atom is -0.374 e. The smallest absolute Gasteiger partial charge is 0.204 e. The van der Waals surface area contributed by atoms with Crippen molar-refractivity contribution < 1.29 is 9.90 Å². The highest BCUT2D eigenvalue weighted by molar-refractivity contribution is 6.32. The van der Waals surface area contributed by atoms with Gasteiger partial charge in [0.2, 0.25) is 5.78 Å². The SMILES string of the molecule is Cc1ccc2c(c1)C(=O)[C@]1(O)CCN(c3ccc(C)c(Cl)c3)C1=N2. The van der Waals surface area contributed by atoms with E-state index in [1.54, 1.807) is 6.07 Å². The number of halogens is 1. The second kappa shape index (κ2) is 5.16. The topological polar surface area (TPSA) is 52.9 Å². The third-order valence-electron chi connectivity index (χ3n) is 4.79. The van der Waals surface area contributed by atoms with Crippen LogP contribution in [0.3, 0.4) is 0 Å². The molecule has 0 amide bonds. The molecule has 2 aliphatic heterocycles. The van der Waals surface area contributed by atoms with Crippen LogP contribution in [0.2, 0.25) is 5.02 Å². The Morgan fingerprint density at radius 2 is 2.00 bits per heavy atom. The molecule has 0 bridgehead atoms. The summed E-state index contributed by atoms with van der Waals surface area (Å²) in [7, 11) is 0. The Bertz CT molecular complexity index is 906. The van der Waals surface area contributed by atoms with Crippen LogP contribution in [0, 0.1) is 13.8 Å². The molecule has 0 unspecified atom stereocenters. The number of hydrogen-bond donors (Lipinski definition) is 1. The highest BCUT2D eigenvalue weighted by atomic mass is 35.5. The normalized spacial score (nSPS) is 22.2. The molecule has 1 saturated heterocycles. The summed E-state index contributed by atoms with van der Waals surface area (Å²) in [6, 6.07) is 11.3. The fourth-order valence-corrected chi connectivity index (χ4v) is 3.52. The number of anilines is 1. The summed E-state index contributed by atoms with van der Waals surface area (Å²) in [5.41, 5.74) is 2.34. The number of fused-ring (bicyclic) bond motifs is 2. The molecular weight excluding hydrogens is 324 g/mol. The number of amidine groups is 1. The lowest BCUT2D eigenvalue weighted by atomic mass is 9.87. The number of nitrogens with zero attached hydrogens (tertiary/aromatic N) is 2. The van der Waals surface area contributed by atoms with Gasteiger partial charge in [-0.15, -0.1) is 0 Å². The van der Waals surface area contributed by atoms with Gasteiger partial charge in [0.15, 0.2) is 5.60 Å². The lowest BCUT2D eigenvalue weighted by molar-refractivity contribution is 0.0602. The summed E-state index contributed by atoms with van der Waals surface area (Å²) in [6.07, 6.45) is 0.323. The summed E-state index contributed by atoms with van der Waals surface area (Å²) in [5.74, 6) is 0.121. The van der Waals surface area contributed by atoms with E-state index < -0.39 is 5.60 Å². The van der Waals surface area contributed by atoms with E-state index in [1.807, 2.05) is 49.1 Å². The van der Waals surface area contributed by atoms with E-state index in [2.05, 4.69) is 4.99 Å². The average molecular weight is 341 g/mol. The fourth-order valence-electron chi connectivity index (χ4n) is 3.35. The van der Waals surface area contributed by atoms with Crippen LogP contribution in [0.5, 0.6) is 0 Å². The van der Waals surface area contributed by atoms with Crippen molar-refractivity contribution >= 4 is 34.6 Å². The van der Waals surface area contributed by atoms with Crippen molar-refractivity contribution in [1.29, 1.82) is 0 Å². The third kappa shape index (κ3) is 2.10. The zero-order chi connectivity index (χ0) is 17.1. The largest absolute Gasteiger partial charge is 0.374 e. The van der Waals surface area contributed by atoms with Crippen molar-refractivity contribution in [2.75, 3.05) is 11.4 Å². The van der Waals surface area contributed by atoms with Gasteiger partial charge in [0.05, 0.1) is 5.69 Å². The zero-order valence-corrected chi connectivity index (χ0v) is 14.3. The van der Waals surface area contributed by atoms with Crippen molar-refractivity contribution in [3.05, 3.63) is 58.1 Å². The number of rotatable bonds is 1. The zero-order valence-electron chi connectivity index (χ0n) is 13.5. The van der Waals surface area contributed by atoms with Crippen LogP contribution in [0.4, 0.5) is 11.4 Å². The molecule has 5 heteroatoms. The number of Topliss-reactive ketones (excluding diaryl/α,β-unsaturated/α-hetero) is 1. The van der Waals surface area contributed by atoms with Crippen molar-refractivity contribution in [2.45, 2.75) is 25.9 Å². The van der Waals surface area contributed by atoms with Crippen LogP contribution in [-0.4, -0.2) is 28.9 Å². The van der Waals surface area contributed by atoms with Crippen LogP contribution in [-0.2, 0) is 0 Å². The van der Waals surface area contributed by atoms with E-state index in [4.69, 9.17) is 11.6 Å². The van der Waals surface area contributed by atoms with Crippen LogP contribution < -0.4 is 4.90 Å². The van der Waals surface area contributed by atoms with Gasteiger partial charge >= 0.3 is 0 Å². The van der Waals surface area contributed by atoms with E-state index in [9.17, 15) is 9.90 Å². The van der Waals surface area contributed by atoms with Crippen molar-refractivity contribution in [1.82, 2.24) is 0 Å². The summed E-state index contributed by atoms with van der Waals surface area (Å²) in [6.45, 7) is 4.38. The predicted octanol–water partition coefficient (Wildman–Crippen LogP) is 3.82. The summed E-state index contributed by atoms with van der Waals surface area (Å²) >= 11 is 6.23. The number of aliphatic imine (C=N–C) groups is 1. The van der Waals surface area contributed by atoms with Crippen molar-refractivity contribution in [2.24, 2.45) is 4.99 Å². The second-order valence-electron chi connectivity index (χ2n) is 6.48. The molecule has 24 heavy (non-hydrogen) atoms. The molecule has 1 atom stereocenters. The molecule has 4 nitrogen and oxygen atoms in total. The van der Waals surface area contributed by atoms with Gasteiger partial charge < -0.3 is 10.0 Å². The van der Waals surface area contributed by atoms with E-state index in [0.29, 0.717) is 35.1 Å². The van der Waals surface area contributed by atoms with Gasteiger partial charge in [-0.2, -0.15) is 0 Å². The summed E-state index contributed by atoms with van der Waals surface area (Å²) in [4.78, 5) is 19.4. The van der Waals surface area contributed by atoms with Crippen molar-refractivity contribution in [3.8, 4) is 0 Å². The highest BCUT2D eigenvalue weighted by Gasteiger charge is 2.52. The van der Waals surface area contributed by atoms with Crippen LogP contribution in [0.1, 0.15) is 27.9 Å². The Balaban J connectivity index is 1.86. The monoisotopic (exact) mass is 340 g/mol. The number of ketones is 1. The molecule has 2 heterocycles. The average Bonchev–Trinajstić information content (AvgIpc) is 2.89. The van der Waals surface area contributed by atoms with Crippen molar-refractivity contribution in [3.63, 3.8) is 0 Å². The third-order valence-corrected chi connectivity index (χ3v) is 5.20. The number of carbonyl (C=O) groups excluding carboxylic acids is 1. The van der Waals surface area contributed by atoms with E-state index in [1.165, 1.54) is 0 Å². The summed E-state index contributed by atoms with van der Waals surface area (Å²) < 4.78 is 0. The highest BCUT2D eigenvalue weighted by Crippen LogP contribution is 2.40. The molecule has 0 spiro atoms. The van der Waals surface area contributed by atoms with Gasteiger partial charge in [0.25, 0.3) is 0 Å². The fraction of sp³-hybridized carbons (Fsp3) is 0.263. The minimum atomic E-state index is -1.56. The summed E-state index contributed by atoms with van der Waals surface area (Å²) in [5, 5.41) is 11.7. The molecule has 4 rings (SSSR count). The maximum atomic E-state index is 12.9. The Morgan fingerprint density at radius 1 is 1.21 bits per heavy atom. The second-order valence-corrected chi connectivity index (χ2v) is 6.89. The minimum absolute atomic E-state index is 0.271. The first-order valence-electron chi connectivity index (χ1n) is 7.91. The number of aryl methyl sites for hydroxylation is 2. The maximum absolute atomic E-state index is 12.9. The van der Waals surface area contributed by atoms with Gasteiger partial charge in [-0.05, 0) is 43.7 Å². The van der Waals surface area contributed by atoms with E-state index in [-0.39, 0.29) is 5.78 Å². The quantitative estimate of drug-likeness (QED) is 0.858. The lowest BCUT2D eigenvalue weighted by Gasteiger charge is -2.30.